The minimum Gasteiger partial charge on any atom is -0.492 e. The van der Waals surface area contributed by atoms with Crippen LogP contribution in [-0.2, 0) is 16.2 Å². The fourth-order valence-corrected chi connectivity index (χ4v) is 4.56. The summed E-state index contributed by atoms with van der Waals surface area (Å²) in [6, 6.07) is 7.13. The van der Waals surface area contributed by atoms with Crippen molar-refractivity contribution in [2.75, 3.05) is 25.0 Å². The Balaban J connectivity index is 2.02. The summed E-state index contributed by atoms with van der Waals surface area (Å²) < 4.78 is 72.7. The third-order valence-corrected chi connectivity index (χ3v) is 6.43. The van der Waals surface area contributed by atoms with E-state index in [4.69, 9.17) is 4.74 Å². The van der Waals surface area contributed by atoms with Crippen molar-refractivity contribution >= 4 is 27.2 Å². The highest BCUT2D eigenvalue weighted by Crippen LogP contribution is 2.31. The number of aromatic nitrogens is 4. The summed E-state index contributed by atoms with van der Waals surface area (Å²) in [5.41, 5.74) is 0.233. The fourth-order valence-electron chi connectivity index (χ4n) is 2.94. The maximum absolute atomic E-state index is 13.1. The molecule has 0 atom stereocenters. The van der Waals surface area contributed by atoms with Gasteiger partial charge in [0.1, 0.15) is 10.6 Å². The van der Waals surface area contributed by atoms with Gasteiger partial charge in [0.2, 0.25) is 10.0 Å². The summed E-state index contributed by atoms with van der Waals surface area (Å²) in [6.07, 6.45) is -4.73. The minimum absolute atomic E-state index is 0.0492. The molecule has 0 spiro atoms. The average molecular weight is 458 g/mol. The van der Waals surface area contributed by atoms with Gasteiger partial charge in [-0.05, 0) is 37.3 Å². The van der Waals surface area contributed by atoms with Gasteiger partial charge in [0, 0.05) is 18.8 Å². The van der Waals surface area contributed by atoms with Crippen molar-refractivity contribution in [1.29, 1.82) is 0 Å². The molecule has 0 aliphatic heterocycles. The predicted octanol–water partition coefficient (Wildman–Crippen LogP) is 3.32. The number of rotatable bonds is 8. The number of fused-ring (bicyclic) bond motifs is 1. The SMILES string of the molecule is CCOc1ccc(Nc2ccc3nnc(C(F)(F)F)n3n2)cc1S(=O)(=O)N(CC)CC. The molecule has 0 saturated carbocycles. The van der Waals surface area contributed by atoms with Crippen LogP contribution in [0.15, 0.2) is 35.2 Å². The van der Waals surface area contributed by atoms with E-state index in [-0.39, 0.29) is 41.8 Å². The zero-order valence-corrected chi connectivity index (χ0v) is 17.8. The fraction of sp³-hybridized carbons (Fsp3) is 0.389. The molecule has 0 saturated heterocycles. The number of benzene rings is 1. The van der Waals surface area contributed by atoms with Crippen LogP contribution >= 0.6 is 0 Å². The van der Waals surface area contributed by atoms with Gasteiger partial charge in [-0.2, -0.15) is 22.0 Å². The van der Waals surface area contributed by atoms with Crippen LogP contribution in [0.1, 0.15) is 26.6 Å². The summed E-state index contributed by atoms with van der Waals surface area (Å²) >= 11 is 0. The van der Waals surface area contributed by atoms with Crippen molar-refractivity contribution in [2.45, 2.75) is 31.8 Å². The van der Waals surface area contributed by atoms with Crippen LogP contribution in [0.2, 0.25) is 0 Å². The first-order chi connectivity index (χ1) is 14.6. The first kappa shape index (κ1) is 22.7. The van der Waals surface area contributed by atoms with E-state index in [1.165, 1.54) is 28.6 Å². The second-order valence-electron chi connectivity index (χ2n) is 6.32. The van der Waals surface area contributed by atoms with Crippen LogP contribution in [0, 0.1) is 0 Å². The number of sulfonamides is 1. The van der Waals surface area contributed by atoms with E-state index in [1.54, 1.807) is 26.8 Å². The Morgan fingerprint density at radius 1 is 1.10 bits per heavy atom. The molecule has 0 fully saturated rings. The lowest BCUT2D eigenvalue weighted by molar-refractivity contribution is -0.146. The Hall–Kier alpha value is -2.93. The number of hydrogen-bond donors (Lipinski definition) is 1. The molecular formula is C18H21F3N6O3S. The highest BCUT2D eigenvalue weighted by Gasteiger charge is 2.37. The first-order valence-electron chi connectivity index (χ1n) is 9.45. The summed E-state index contributed by atoms with van der Waals surface area (Å²) in [5, 5.41) is 13.3. The lowest BCUT2D eigenvalue weighted by atomic mass is 10.3. The molecule has 0 aliphatic carbocycles. The van der Waals surface area contributed by atoms with Crippen LogP contribution in [0.5, 0.6) is 5.75 Å². The highest BCUT2D eigenvalue weighted by atomic mass is 32.2. The van der Waals surface area contributed by atoms with E-state index in [0.29, 0.717) is 10.2 Å². The van der Waals surface area contributed by atoms with E-state index < -0.39 is 22.0 Å². The van der Waals surface area contributed by atoms with Crippen LogP contribution in [0.4, 0.5) is 24.7 Å². The van der Waals surface area contributed by atoms with Gasteiger partial charge in [-0.15, -0.1) is 15.3 Å². The van der Waals surface area contributed by atoms with Crippen molar-refractivity contribution in [3.8, 4) is 5.75 Å². The predicted molar refractivity (Wildman–Crippen MR) is 107 cm³/mol. The number of anilines is 2. The maximum atomic E-state index is 13.1. The molecule has 1 N–H and O–H groups in total. The number of halogens is 3. The molecule has 0 aliphatic rings. The topological polar surface area (TPSA) is 102 Å². The Morgan fingerprint density at radius 3 is 2.42 bits per heavy atom. The second kappa shape index (κ2) is 8.67. The second-order valence-corrected chi connectivity index (χ2v) is 8.23. The molecular weight excluding hydrogens is 437 g/mol. The van der Waals surface area contributed by atoms with Crippen LogP contribution in [0.3, 0.4) is 0 Å². The number of hydrogen-bond acceptors (Lipinski definition) is 7. The molecule has 3 rings (SSSR count). The third kappa shape index (κ3) is 4.56. The monoisotopic (exact) mass is 458 g/mol. The standard InChI is InChI=1S/C18H21F3N6O3S/c1-4-26(5-2)31(28,29)14-11-12(7-8-13(14)30-6-3)22-15-9-10-16-23-24-17(18(19,20)21)27(16)25-15/h7-11H,4-6H2,1-3H3,(H,22,25). The highest BCUT2D eigenvalue weighted by molar-refractivity contribution is 7.89. The van der Waals surface area contributed by atoms with Crippen molar-refractivity contribution in [3.05, 3.63) is 36.2 Å². The third-order valence-electron chi connectivity index (χ3n) is 4.36. The van der Waals surface area contributed by atoms with Crippen molar-refractivity contribution < 1.29 is 26.3 Å². The zero-order chi connectivity index (χ0) is 22.8. The largest absolute Gasteiger partial charge is 0.492 e. The van der Waals surface area contributed by atoms with E-state index in [0.717, 1.165) is 0 Å². The van der Waals surface area contributed by atoms with E-state index >= 15 is 0 Å². The number of nitrogens with zero attached hydrogens (tertiary/aromatic N) is 5. The summed E-state index contributed by atoms with van der Waals surface area (Å²) in [4.78, 5) is -0.0515. The van der Waals surface area contributed by atoms with Gasteiger partial charge < -0.3 is 10.1 Å². The van der Waals surface area contributed by atoms with Crippen molar-refractivity contribution in [3.63, 3.8) is 0 Å². The van der Waals surface area contributed by atoms with E-state index in [1.807, 2.05) is 0 Å². The van der Waals surface area contributed by atoms with E-state index in [9.17, 15) is 21.6 Å². The average Bonchev–Trinajstić information content (AvgIpc) is 3.13. The van der Waals surface area contributed by atoms with Crippen LogP contribution < -0.4 is 10.1 Å². The lowest BCUT2D eigenvalue weighted by Crippen LogP contribution is -2.31. The molecule has 1 aromatic carbocycles. The van der Waals surface area contributed by atoms with Gasteiger partial charge >= 0.3 is 6.18 Å². The Bertz CT molecular complexity index is 1180. The molecule has 0 bridgehead atoms. The van der Waals surface area contributed by atoms with Crippen molar-refractivity contribution in [2.24, 2.45) is 0 Å². The summed E-state index contributed by atoms with van der Waals surface area (Å²) in [5.74, 6) is -1.03. The van der Waals surface area contributed by atoms with Crippen LogP contribution in [0.25, 0.3) is 5.65 Å². The molecule has 168 valence electrons. The molecule has 2 aromatic heterocycles. The van der Waals surface area contributed by atoms with Gasteiger partial charge in [-0.3, -0.25) is 0 Å². The molecule has 2 heterocycles. The van der Waals surface area contributed by atoms with E-state index in [2.05, 4.69) is 20.6 Å². The molecule has 0 amide bonds. The zero-order valence-electron chi connectivity index (χ0n) is 17.0. The number of alkyl halides is 3. The Kier molecular flexibility index (Phi) is 6.36. The van der Waals surface area contributed by atoms with Gasteiger partial charge in [-0.1, -0.05) is 13.8 Å². The lowest BCUT2D eigenvalue weighted by Gasteiger charge is -2.21. The quantitative estimate of drug-likeness (QED) is 0.553. The number of ether oxygens (including phenoxy) is 1. The molecule has 13 heteroatoms. The van der Waals surface area contributed by atoms with Gasteiger partial charge in [0.05, 0.1) is 6.61 Å². The van der Waals surface area contributed by atoms with Gasteiger partial charge in [0.15, 0.2) is 11.5 Å². The van der Waals surface area contributed by atoms with Crippen LogP contribution in [-0.4, -0.2) is 52.2 Å². The summed E-state index contributed by atoms with van der Waals surface area (Å²) in [7, 11) is -3.85. The molecule has 0 radical (unpaired) electrons. The van der Waals surface area contributed by atoms with Gasteiger partial charge in [0.25, 0.3) is 5.82 Å². The number of nitrogens with one attached hydrogen (secondary N) is 1. The maximum Gasteiger partial charge on any atom is 0.453 e. The summed E-state index contributed by atoms with van der Waals surface area (Å²) in [6.45, 7) is 5.98. The Labute approximate surface area is 176 Å². The molecule has 0 unspecified atom stereocenters. The minimum atomic E-state index is -4.73. The molecule has 9 nitrogen and oxygen atoms in total. The van der Waals surface area contributed by atoms with Crippen molar-refractivity contribution in [1.82, 2.24) is 24.1 Å². The normalized spacial score (nSPS) is 12.5. The van der Waals surface area contributed by atoms with Gasteiger partial charge in [-0.25, -0.2) is 8.42 Å². The smallest absolute Gasteiger partial charge is 0.453 e. The first-order valence-corrected chi connectivity index (χ1v) is 10.9. The molecule has 3 aromatic rings. The molecule has 31 heavy (non-hydrogen) atoms. The Morgan fingerprint density at radius 2 is 1.81 bits per heavy atom.